The molecule has 0 aliphatic carbocycles. The molecule has 0 saturated carbocycles. The van der Waals surface area contributed by atoms with Gasteiger partial charge in [0, 0.05) is 56.3 Å². The maximum atomic E-state index is 14.4. The second kappa shape index (κ2) is 47.0. The zero-order valence-electron chi connectivity index (χ0n) is 63.9. The molecule has 0 radical (unpaired) electrons. The maximum Gasteiger partial charge on any atom is 0.400 e. The molecule has 25 atom stereocenters. The lowest BCUT2D eigenvalue weighted by molar-refractivity contribution is -0.388. The highest BCUT2D eigenvalue weighted by Gasteiger charge is 2.63. The van der Waals surface area contributed by atoms with Crippen molar-refractivity contribution in [2.75, 3.05) is 186 Å². The quantitative estimate of drug-likeness (QED) is 0.0437. The van der Waals surface area contributed by atoms with E-state index in [0.29, 0.717) is 55.8 Å². The Bertz CT molecular complexity index is 3740. The molecule has 5 fully saturated rings. The van der Waals surface area contributed by atoms with Crippen molar-refractivity contribution in [2.24, 2.45) is 5.73 Å². The maximum absolute atomic E-state index is 14.4. The standard InChI is InChI=1S/C54H97NO52S7/c1-72-34-31(91-24-23-90-22-21-89-20-19-88-18-17-55)28(25-92-108(58,59)81-10)96-51(43(34)75-4)100-37-35(73-2)44(76-5)53(102-41(37)48(56)78-7)99-33-30(27-94-110(62,63)83-12)97-54(47(107-114(70,71)87-16)40(33)105-112(66,67)85-14)101-38-36(74-3)45(77-6)52(103-42(38)49(57)79-8)98-32-29(26-93-109(60,61)82-11)95-50(80-9)46(106-113(68,69)86-15)39(32)104-111(64,65)84-13/h28-47,50-54H,17-27,55H2,1-16H3/t28-,29-,30-,31-,32-,33-,34+,35+,36+,37+,38+,39+,40+,41+,42-,43-,44-,45-,46-,47-,50+,51-,52-,53-,54-/m1/s1. The highest BCUT2D eigenvalue weighted by molar-refractivity contribution is 7.83. The molecule has 0 bridgehead atoms. The summed E-state index contributed by atoms with van der Waals surface area (Å²) in [5, 5.41) is 0. The van der Waals surface area contributed by atoms with Crippen molar-refractivity contribution in [3.05, 3.63) is 0 Å². The normalized spacial score (nSPS) is 33.1. The van der Waals surface area contributed by atoms with Gasteiger partial charge in [0.1, 0.15) is 97.7 Å². The van der Waals surface area contributed by atoms with E-state index in [-0.39, 0.29) is 39.6 Å². The molecule has 672 valence electrons. The minimum absolute atomic E-state index is 0.0709. The van der Waals surface area contributed by atoms with E-state index in [4.69, 9.17) is 139 Å². The second-order valence-corrected chi connectivity index (χ2v) is 32.5. The van der Waals surface area contributed by atoms with Gasteiger partial charge in [0.15, 0.2) is 55.9 Å². The summed E-state index contributed by atoms with van der Waals surface area (Å²) in [4.78, 5) is 28.7. The van der Waals surface area contributed by atoms with Gasteiger partial charge in [-0.2, -0.15) is 58.9 Å². The van der Waals surface area contributed by atoms with Crippen LogP contribution in [0, 0.1) is 0 Å². The van der Waals surface area contributed by atoms with Gasteiger partial charge in [0.2, 0.25) is 0 Å². The summed E-state index contributed by atoms with van der Waals surface area (Å²) in [5.41, 5.74) is 5.43. The molecule has 0 aromatic rings. The van der Waals surface area contributed by atoms with E-state index in [1.807, 2.05) is 0 Å². The SMILES string of the molecule is COC(=O)[C@H]1O[C@@H](O[C@H]2[C@H](OS(=O)(=O)OC)[C@@H](OS(=O)(=O)OC)[C@@H](O[C@H]3[C@H](OC)[C@@H](OC)[C@H](O[C@H]4[C@H](OS(=O)(=O)OC)[C@@H](OS(=O)(=O)OC)[C@@H](OC)O[C@@H]4COS(=O)(=O)OC)O[C@H]3C(=O)OC)O[C@@H]2COS(=O)(=O)OC)[C@H](OC)[C@@H](OC)[C@@H]1O[C@H]1O[C@H](COS(=O)(=O)OC)[C@@H](OCCOCCOCCOCCN)[C@H](OC)[C@H]1OC. The van der Waals surface area contributed by atoms with Gasteiger partial charge in [-0.25, -0.2) is 38.9 Å². The van der Waals surface area contributed by atoms with E-state index >= 15 is 0 Å². The van der Waals surface area contributed by atoms with Crippen LogP contribution in [0.3, 0.4) is 0 Å². The molecule has 0 aromatic heterocycles. The fourth-order valence-corrected chi connectivity index (χ4v) is 14.9. The number of methoxy groups -OCH3 is 9. The number of carbonyl (C=O) groups excluding carboxylic acids is 2. The zero-order valence-corrected chi connectivity index (χ0v) is 69.6. The lowest BCUT2D eigenvalue weighted by Gasteiger charge is -2.51. The molecule has 53 nitrogen and oxygen atoms in total. The summed E-state index contributed by atoms with van der Waals surface area (Å²) in [7, 11) is -23.6. The number of hydrogen-bond acceptors (Lipinski definition) is 53. The average Bonchev–Trinajstić information content (AvgIpc) is 0.754. The van der Waals surface area contributed by atoms with Gasteiger partial charge in [-0.3, -0.25) is 29.3 Å². The van der Waals surface area contributed by atoms with Crippen LogP contribution in [0.2, 0.25) is 0 Å². The smallest absolute Gasteiger partial charge is 0.400 e. The topological polar surface area (TPSA) is 631 Å². The Kier molecular flexibility index (Phi) is 41.9. The van der Waals surface area contributed by atoms with Crippen molar-refractivity contribution in [1.82, 2.24) is 0 Å². The van der Waals surface area contributed by atoms with E-state index in [1.54, 1.807) is 0 Å². The van der Waals surface area contributed by atoms with Crippen LogP contribution in [0.4, 0.5) is 0 Å². The first kappa shape index (κ1) is 102. The minimum Gasteiger partial charge on any atom is -0.467 e. The van der Waals surface area contributed by atoms with Crippen LogP contribution >= 0.6 is 0 Å². The summed E-state index contributed by atoms with van der Waals surface area (Å²) in [6, 6.07) is 0. The molecule has 5 rings (SSSR count). The van der Waals surface area contributed by atoms with E-state index < -0.39 is 258 Å². The number of nitrogens with two attached hydrogens (primary N) is 1. The fraction of sp³-hybridized carbons (Fsp3) is 0.963. The Morgan fingerprint density at radius 2 is 0.535 bits per heavy atom. The molecule has 0 amide bonds. The van der Waals surface area contributed by atoms with E-state index in [0.717, 1.165) is 56.9 Å². The van der Waals surface area contributed by atoms with Gasteiger partial charge in [-0.1, -0.05) is 0 Å². The fourth-order valence-electron chi connectivity index (χ4n) is 11.5. The molecule has 5 saturated heterocycles. The van der Waals surface area contributed by atoms with Gasteiger partial charge < -0.3 is 110 Å². The molecule has 0 unspecified atom stereocenters. The molecule has 0 spiro atoms. The van der Waals surface area contributed by atoms with Gasteiger partial charge in [0.05, 0.1) is 130 Å². The van der Waals surface area contributed by atoms with Crippen molar-refractivity contribution in [3.8, 4) is 0 Å². The van der Waals surface area contributed by atoms with Crippen molar-refractivity contribution in [3.63, 3.8) is 0 Å². The van der Waals surface area contributed by atoms with Crippen molar-refractivity contribution in [2.45, 2.75) is 154 Å². The Morgan fingerprint density at radius 3 is 0.842 bits per heavy atom. The Hall–Kier alpha value is -2.81. The molecular formula is C54H97NO52S7. The van der Waals surface area contributed by atoms with Crippen molar-refractivity contribution in [1.29, 1.82) is 0 Å². The number of esters is 2. The van der Waals surface area contributed by atoms with Crippen LogP contribution in [0.1, 0.15) is 0 Å². The third-order valence-electron chi connectivity index (χ3n) is 16.7. The largest absolute Gasteiger partial charge is 0.467 e. The van der Waals surface area contributed by atoms with Crippen LogP contribution in [0.5, 0.6) is 0 Å². The summed E-state index contributed by atoms with van der Waals surface area (Å²) in [6.45, 7) is -2.45. The van der Waals surface area contributed by atoms with E-state index in [1.165, 1.54) is 14.2 Å². The summed E-state index contributed by atoms with van der Waals surface area (Å²) >= 11 is 0. The van der Waals surface area contributed by atoms with Gasteiger partial charge in [-0.05, 0) is 0 Å². The molecule has 5 aliphatic rings. The average molecular weight is 1820 g/mol. The highest BCUT2D eigenvalue weighted by atomic mass is 32.3. The summed E-state index contributed by atoms with van der Waals surface area (Å²) in [6.07, 6.45) is -53.6. The highest BCUT2D eigenvalue weighted by Crippen LogP contribution is 2.42. The number of rotatable bonds is 53. The summed E-state index contributed by atoms with van der Waals surface area (Å²) < 4.78 is 382. The Balaban J connectivity index is 1.66. The predicted octanol–water partition coefficient (Wildman–Crippen LogP) is -7.54. The first-order valence-electron chi connectivity index (χ1n) is 32.8. The van der Waals surface area contributed by atoms with Crippen molar-refractivity contribution < 1.29 is 231 Å². The first-order chi connectivity index (χ1) is 53.7. The molecular weight excluding hydrogens is 1720 g/mol. The third kappa shape index (κ3) is 28.7. The second-order valence-electron chi connectivity index (χ2n) is 22.9. The van der Waals surface area contributed by atoms with Crippen LogP contribution < -0.4 is 5.73 Å². The third-order valence-corrected chi connectivity index (χ3v) is 22.6. The predicted molar refractivity (Wildman–Crippen MR) is 359 cm³/mol. The lowest BCUT2D eigenvalue weighted by atomic mass is 9.94. The van der Waals surface area contributed by atoms with Gasteiger partial charge >= 0.3 is 84.7 Å². The monoisotopic (exact) mass is 1820 g/mol. The van der Waals surface area contributed by atoms with Gasteiger partial charge in [0.25, 0.3) is 0 Å². The van der Waals surface area contributed by atoms with Crippen LogP contribution in [-0.2, 0) is 245 Å². The first-order valence-corrected chi connectivity index (χ1v) is 42.2. The zero-order chi connectivity index (χ0) is 85.3. The molecule has 5 heterocycles. The molecule has 0 aromatic carbocycles. The summed E-state index contributed by atoms with van der Waals surface area (Å²) in [5.74, 6) is -2.89. The van der Waals surface area contributed by atoms with Crippen LogP contribution in [0.25, 0.3) is 0 Å². The molecule has 60 heteroatoms. The van der Waals surface area contributed by atoms with Crippen molar-refractivity contribution >= 4 is 84.7 Å². The lowest BCUT2D eigenvalue weighted by Crippen LogP contribution is -2.70. The number of carbonyl (C=O) groups is 2. The molecule has 114 heavy (non-hydrogen) atoms. The van der Waals surface area contributed by atoms with Crippen LogP contribution in [-0.4, -0.2) is 411 Å². The minimum atomic E-state index is -5.62. The van der Waals surface area contributed by atoms with Gasteiger partial charge in [-0.15, -0.1) is 0 Å². The van der Waals surface area contributed by atoms with Crippen LogP contribution in [0.15, 0.2) is 0 Å². The Labute approximate surface area is 658 Å². The Morgan fingerprint density at radius 1 is 0.272 bits per heavy atom. The molecule has 2 N–H and O–H groups in total. The van der Waals surface area contributed by atoms with E-state index in [2.05, 4.69) is 29.3 Å². The molecule has 5 aliphatic heterocycles. The number of ether oxygens (including phenoxy) is 22. The van der Waals surface area contributed by atoms with E-state index in [9.17, 15) is 68.5 Å². The number of hydrogen-bond donors (Lipinski definition) is 1.